The van der Waals surface area contributed by atoms with Gasteiger partial charge in [-0.2, -0.15) is 4.80 Å². The molecular formula is C15H19BrN6O2S. The minimum Gasteiger partial charge on any atom is -0.493 e. The van der Waals surface area contributed by atoms with Gasteiger partial charge in [0.05, 0.1) is 17.6 Å². The fraction of sp³-hybridized carbons (Fsp3) is 0.400. The Labute approximate surface area is 159 Å². The van der Waals surface area contributed by atoms with E-state index in [0.717, 1.165) is 12.8 Å². The normalized spacial score (nSPS) is 10.4. The summed E-state index contributed by atoms with van der Waals surface area (Å²) in [5.41, 5.74) is 0.444. The SMILES string of the molecule is CCCCn1nnc(NC(=S)NC(=O)c2ccc(OCC)c(Br)c2)n1. The number of amides is 1. The van der Waals surface area contributed by atoms with Crippen LogP contribution in [0.5, 0.6) is 5.75 Å². The van der Waals surface area contributed by atoms with Crippen molar-refractivity contribution in [3.05, 3.63) is 28.2 Å². The number of hydrogen-bond acceptors (Lipinski definition) is 6. The fourth-order valence-electron chi connectivity index (χ4n) is 1.91. The number of thiocarbonyl (C=S) groups is 1. The van der Waals surface area contributed by atoms with Gasteiger partial charge in [-0.1, -0.05) is 18.4 Å². The van der Waals surface area contributed by atoms with Gasteiger partial charge in [0.25, 0.3) is 11.9 Å². The molecule has 0 saturated heterocycles. The van der Waals surface area contributed by atoms with Crippen molar-refractivity contribution in [3.8, 4) is 5.75 Å². The number of hydrogen-bond donors (Lipinski definition) is 2. The van der Waals surface area contributed by atoms with Gasteiger partial charge in [-0.25, -0.2) is 0 Å². The summed E-state index contributed by atoms with van der Waals surface area (Å²) >= 11 is 8.49. The maximum atomic E-state index is 12.3. The largest absolute Gasteiger partial charge is 0.493 e. The number of unbranched alkanes of at least 4 members (excludes halogenated alkanes) is 1. The smallest absolute Gasteiger partial charge is 0.269 e. The molecule has 0 unspecified atom stereocenters. The Kier molecular flexibility index (Phi) is 7.26. The van der Waals surface area contributed by atoms with Gasteiger partial charge in [0, 0.05) is 5.56 Å². The molecule has 0 aliphatic carbocycles. The van der Waals surface area contributed by atoms with E-state index in [1.165, 1.54) is 4.80 Å². The molecule has 25 heavy (non-hydrogen) atoms. The maximum Gasteiger partial charge on any atom is 0.269 e. The summed E-state index contributed by atoms with van der Waals surface area (Å²) in [7, 11) is 0. The number of aryl methyl sites for hydroxylation is 1. The maximum absolute atomic E-state index is 12.3. The Hall–Kier alpha value is -2.07. The average molecular weight is 427 g/mol. The fourth-order valence-corrected chi connectivity index (χ4v) is 2.59. The van der Waals surface area contributed by atoms with Crippen molar-refractivity contribution in [2.24, 2.45) is 0 Å². The molecule has 2 rings (SSSR count). The van der Waals surface area contributed by atoms with Crippen LogP contribution in [-0.2, 0) is 6.54 Å². The lowest BCUT2D eigenvalue weighted by atomic mass is 10.2. The average Bonchev–Trinajstić information content (AvgIpc) is 3.02. The molecule has 0 fully saturated rings. The van der Waals surface area contributed by atoms with E-state index in [1.54, 1.807) is 18.2 Å². The molecule has 1 aromatic carbocycles. The van der Waals surface area contributed by atoms with Gasteiger partial charge in [-0.3, -0.25) is 15.4 Å². The first-order valence-electron chi connectivity index (χ1n) is 7.86. The number of carbonyl (C=O) groups is 1. The van der Waals surface area contributed by atoms with Crippen molar-refractivity contribution >= 4 is 45.1 Å². The summed E-state index contributed by atoms with van der Waals surface area (Å²) in [6.07, 6.45) is 2.00. The van der Waals surface area contributed by atoms with E-state index >= 15 is 0 Å². The molecule has 0 aliphatic heterocycles. The van der Waals surface area contributed by atoms with Crippen molar-refractivity contribution in [3.63, 3.8) is 0 Å². The summed E-state index contributed by atoms with van der Waals surface area (Å²) in [6, 6.07) is 5.05. The lowest BCUT2D eigenvalue weighted by Gasteiger charge is -2.09. The van der Waals surface area contributed by atoms with Crippen LogP contribution < -0.4 is 15.4 Å². The topological polar surface area (TPSA) is 94.0 Å². The number of rotatable bonds is 7. The van der Waals surface area contributed by atoms with Crippen molar-refractivity contribution in [1.82, 2.24) is 25.5 Å². The third kappa shape index (κ3) is 5.75. The second-order valence-electron chi connectivity index (χ2n) is 5.05. The van der Waals surface area contributed by atoms with E-state index < -0.39 is 0 Å². The highest BCUT2D eigenvalue weighted by atomic mass is 79.9. The molecule has 8 nitrogen and oxygen atoms in total. The summed E-state index contributed by atoms with van der Waals surface area (Å²) in [5.74, 6) is 0.571. The van der Waals surface area contributed by atoms with Gasteiger partial charge in [0.1, 0.15) is 5.75 Å². The second-order valence-corrected chi connectivity index (χ2v) is 6.31. The first kappa shape index (κ1) is 19.3. The number of tetrazole rings is 1. The third-order valence-corrected chi connectivity index (χ3v) is 3.93. The highest BCUT2D eigenvalue weighted by molar-refractivity contribution is 9.10. The van der Waals surface area contributed by atoms with E-state index in [-0.39, 0.29) is 17.0 Å². The zero-order valence-electron chi connectivity index (χ0n) is 14.0. The predicted octanol–water partition coefficient (Wildman–Crippen LogP) is 2.76. The molecule has 2 N–H and O–H groups in total. The van der Waals surface area contributed by atoms with E-state index in [4.69, 9.17) is 17.0 Å². The Morgan fingerprint density at radius 2 is 2.20 bits per heavy atom. The van der Waals surface area contributed by atoms with Gasteiger partial charge in [-0.15, -0.1) is 5.10 Å². The zero-order valence-corrected chi connectivity index (χ0v) is 16.4. The summed E-state index contributed by atoms with van der Waals surface area (Å²) in [6.45, 7) is 5.21. The summed E-state index contributed by atoms with van der Waals surface area (Å²) in [4.78, 5) is 13.7. The van der Waals surface area contributed by atoms with Crippen LogP contribution in [0.1, 0.15) is 37.0 Å². The molecule has 10 heteroatoms. The number of nitrogens with one attached hydrogen (secondary N) is 2. The van der Waals surface area contributed by atoms with Crippen LogP contribution in [0.2, 0.25) is 0 Å². The van der Waals surface area contributed by atoms with E-state index in [2.05, 4.69) is 48.9 Å². The van der Waals surface area contributed by atoms with Crippen LogP contribution in [0, 0.1) is 0 Å². The van der Waals surface area contributed by atoms with Gasteiger partial charge < -0.3 is 4.74 Å². The Balaban J connectivity index is 1.92. The quantitative estimate of drug-likeness (QED) is 0.657. The van der Waals surface area contributed by atoms with Crippen LogP contribution in [0.15, 0.2) is 22.7 Å². The highest BCUT2D eigenvalue weighted by Gasteiger charge is 2.12. The number of carbonyl (C=O) groups excluding carboxylic acids is 1. The van der Waals surface area contributed by atoms with Crippen LogP contribution in [0.4, 0.5) is 5.95 Å². The van der Waals surface area contributed by atoms with Gasteiger partial charge >= 0.3 is 0 Å². The first-order chi connectivity index (χ1) is 12.0. The minimum absolute atomic E-state index is 0.102. The van der Waals surface area contributed by atoms with Gasteiger partial charge in [-0.05, 0) is 64.9 Å². The number of nitrogens with zero attached hydrogens (tertiary/aromatic N) is 4. The molecule has 0 spiro atoms. The Bertz CT molecular complexity index is 751. The molecule has 1 heterocycles. The van der Waals surface area contributed by atoms with Crippen LogP contribution in [-0.4, -0.2) is 37.8 Å². The lowest BCUT2D eigenvalue weighted by molar-refractivity contribution is 0.0977. The molecule has 134 valence electrons. The Morgan fingerprint density at radius 1 is 1.40 bits per heavy atom. The van der Waals surface area contributed by atoms with Gasteiger partial charge in [0.2, 0.25) is 0 Å². The van der Waals surface area contributed by atoms with Crippen LogP contribution >= 0.6 is 28.1 Å². The number of benzene rings is 1. The number of aromatic nitrogens is 4. The standard InChI is InChI=1S/C15H19BrN6O2S/c1-3-5-8-22-20-14(19-21-22)18-15(25)17-13(23)10-6-7-12(24-4-2)11(16)9-10/h6-7,9H,3-5,8H2,1-2H3,(H2,17,18,20,23,25). The lowest BCUT2D eigenvalue weighted by Crippen LogP contribution is -2.34. The first-order valence-corrected chi connectivity index (χ1v) is 9.06. The second kappa shape index (κ2) is 9.42. The van der Waals surface area contributed by atoms with Gasteiger partial charge in [0.15, 0.2) is 5.11 Å². The zero-order chi connectivity index (χ0) is 18.2. The van der Waals surface area contributed by atoms with Crippen molar-refractivity contribution in [2.45, 2.75) is 33.2 Å². The van der Waals surface area contributed by atoms with Crippen LogP contribution in [0.25, 0.3) is 0 Å². The van der Waals surface area contributed by atoms with E-state index in [1.807, 2.05) is 6.92 Å². The van der Waals surface area contributed by atoms with E-state index in [0.29, 0.717) is 28.9 Å². The molecule has 1 amide bonds. The molecular weight excluding hydrogens is 408 g/mol. The molecule has 0 bridgehead atoms. The molecule has 0 radical (unpaired) electrons. The number of ether oxygens (including phenoxy) is 1. The van der Waals surface area contributed by atoms with E-state index in [9.17, 15) is 4.79 Å². The molecule has 1 aromatic heterocycles. The number of anilines is 1. The highest BCUT2D eigenvalue weighted by Crippen LogP contribution is 2.25. The summed E-state index contributed by atoms with van der Waals surface area (Å²) < 4.78 is 6.11. The number of halogens is 1. The monoisotopic (exact) mass is 426 g/mol. The molecule has 0 aliphatic rings. The molecule has 2 aromatic rings. The predicted molar refractivity (Wildman–Crippen MR) is 102 cm³/mol. The van der Waals surface area contributed by atoms with Crippen molar-refractivity contribution in [1.29, 1.82) is 0 Å². The summed E-state index contributed by atoms with van der Waals surface area (Å²) in [5, 5.41) is 17.3. The minimum atomic E-state index is -0.348. The third-order valence-electron chi connectivity index (χ3n) is 3.11. The molecule has 0 atom stereocenters. The van der Waals surface area contributed by atoms with Crippen molar-refractivity contribution in [2.75, 3.05) is 11.9 Å². The molecule has 0 saturated carbocycles. The van der Waals surface area contributed by atoms with Crippen LogP contribution in [0.3, 0.4) is 0 Å². The Morgan fingerprint density at radius 3 is 2.88 bits per heavy atom. The van der Waals surface area contributed by atoms with Crippen molar-refractivity contribution < 1.29 is 9.53 Å².